The van der Waals surface area contributed by atoms with Crippen molar-refractivity contribution in [2.75, 3.05) is 6.61 Å². The van der Waals surface area contributed by atoms with E-state index < -0.39 is 26.6 Å². The maximum atomic E-state index is 12.6. The normalized spacial score (nSPS) is 13.1. The molecule has 0 aliphatic rings. The van der Waals surface area contributed by atoms with Crippen LogP contribution in [0.3, 0.4) is 0 Å². The average Bonchev–Trinajstić information content (AvgIpc) is 3.13. The van der Waals surface area contributed by atoms with Gasteiger partial charge < -0.3 is 20.2 Å². The van der Waals surface area contributed by atoms with E-state index in [2.05, 4.69) is 23.7 Å². The van der Waals surface area contributed by atoms with Gasteiger partial charge in [-0.2, -0.15) is 0 Å². The largest absolute Gasteiger partial charge is 0.469 e. The molecule has 0 radical (unpaired) electrons. The molecule has 0 saturated carbocycles. The first kappa shape index (κ1) is 52.5. The minimum absolute atomic E-state index is 0.188. The lowest BCUT2D eigenvalue weighted by Crippen LogP contribution is -2.46. The highest BCUT2D eigenvalue weighted by atomic mass is 31.2. The monoisotopic (exact) mass is 774 g/mol. The number of unbranched alkanes of at least 4 members (excludes halogenated alkanes) is 35. The van der Waals surface area contributed by atoms with E-state index in [1.54, 1.807) is 0 Å². The summed E-state index contributed by atoms with van der Waals surface area (Å²) in [7, 11) is -4.68. The van der Waals surface area contributed by atoms with Crippen molar-refractivity contribution in [1.82, 2.24) is 5.32 Å². The van der Waals surface area contributed by atoms with Gasteiger partial charge in [0.25, 0.3) is 0 Å². The molecule has 0 bridgehead atoms. The standard InChI is InChI=1S/C45H92NO6P/c1-3-5-7-9-11-13-15-16-17-18-19-20-21-22-23-24-25-26-27-28-29-31-33-35-37-39-41-45(48)46-43(42-52-53(49,50)51)44(47)40-38-36-34-32-30-14-12-10-8-6-4-2/h43-44,47H,3-42H2,1-2H3,(H,46,48)(H2,49,50,51)/t43-,44+/m0/s1. The third-order valence-corrected chi connectivity index (χ3v) is 11.6. The Bertz CT molecular complexity index is 793. The highest BCUT2D eigenvalue weighted by molar-refractivity contribution is 7.46. The number of hydrogen-bond acceptors (Lipinski definition) is 4. The van der Waals surface area contributed by atoms with Gasteiger partial charge in [-0.25, -0.2) is 4.57 Å². The molecule has 318 valence electrons. The number of amides is 1. The second-order valence-corrected chi connectivity index (χ2v) is 17.7. The average molecular weight is 774 g/mol. The van der Waals surface area contributed by atoms with Crippen LogP contribution in [0.2, 0.25) is 0 Å². The molecule has 2 atom stereocenters. The minimum Gasteiger partial charge on any atom is -0.391 e. The number of nitrogens with one attached hydrogen (secondary N) is 1. The van der Waals surface area contributed by atoms with E-state index in [-0.39, 0.29) is 5.91 Å². The summed E-state index contributed by atoms with van der Waals surface area (Å²) >= 11 is 0. The van der Waals surface area contributed by atoms with E-state index in [9.17, 15) is 14.5 Å². The topological polar surface area (TPSA) is 116 Å². The predicted molar refractivity (Wildman–Crippen MR) is 227 cm³/mol. The molecule has 8 heteroatoms. The van der Waals surface area contributed by atoms with Gasteiger partial charge in [0.05, 0.1) is 18.8 Å². The number of rotatable bonds is 44. The minimum atomic E-state index is -4.68. The van der Waals surface area contributed by atoms with Crippen LogP contribution >= 0.6 is 7.82 Å². The third kappa shape index (κ3) is 42.5. The highest BCUT2D eigenvalue weighted by Crippen LogP contribution is 2.36. The molecule has 0 rings (SSSR count). The Labute approximate surface area is 330 Å². The zero-order chi connectivity index (χ0) is 38.9. The van der Waals surface area contributed by atoms with Crippen LogP contribution in [0, 0.1) is 0 Å². The van der Waals surface area contributed by atoms with Crippen molar-refractivity contribution >= 4 is 13.7 Å². The number of phosphoric acid groups is 1. The molecular weight excluding hydrogens is 681 g/mol. The van der Waals surface area contributed by atoms with Crippen LogP contribution in [-0.2, 0) is 13.9 Å². The highest BCUT2D eigenvalue weighted by Gasteiger charge is 2.25. The molecule has 0 aliphatic heterocycles. The van der Waals surface area contributed by atoms with Crippen molar-refractivity contribution in [2.45, 2.75) is 276 Å². The Morgan fingerprint density at radius 1 is 0.472 bits per heavy atom. The maximum absolute atomic E-state index is 12.6. The molecule has 0 fully saturated rings. The van der Waals surface area contributed by atoms with Crippen LogP contribution in [0.5, 0.6) is 0 Å². The summed E-state index contributed by atoms with van der Waals surface area (Å²) in [5.41, 5.74) is 0. The van der Waals surface area contributed by atoms with Gasteiger partial charge in [-0.1, -0.05) is 245 Å². The summed E-state index contributed by atoms with van der Waals surface area (Å²) in [5, 5.41) is 13.5. The molecule has 0 unspecified atom stereocenters. The number of carbonyl (C=O) groups excluding carboxylic acids is 1. The Balaban J connectivity index is 3.69. The van der Waals surface area contributed by atoms with Crippen molar-refractivity contribution in [3.05, 3.63) is 0 Å². The van der Waals surface area contributed by atoms with Gasteiger partial charge in [0.15, 0.2) is 0 Å². The van der Waals surface area contributed by atoms with E-state index >= 15 is 0 Å². The molecule has 0 aromatic heterocycles. The predicted octanol–water partition coefficient (Wildman–Crippen LogP) is 14.2. The van der Waals surface area contributed by atoms with Crippen LogP contribution in [-0.4, -0.2) is 39.6 Å². The van der Waals surface area contributed by atoms with Gasteiger partial charge in [-0.3, -0.25) is 9.32 Å². The number of aliphatic hydroxyl groups is 1. The zero-order valence-electron chi connectivity index (χ0n) is 35.5. The lowest BCUT2D eigenvalue weighted by molar-refractivity contribution is -0.123. The first-order valence-corrected chi connectivity index (χ1v) is 25.0. The Morgan fingerprint density at radius 2 is 0.736 bits per heavy atom. The maximum Gasteiger partial charge on any atom is 0.469 e. The van der Waals surface area contributed by atoms with E-state index in [0.29, 0.717) is 12.8 Å². The summed E-state index contributed by atoms with van der Waals surface area (Å²) in [6, 6.07) is -0.817. The summed E-state index contributed by atoms with van der Waals surface area (Å²) in [5.74, 6) is -0.188. The van der Waals surface area contributed by atoms with Crippen LogP contribution in [0.15, 0.2) is 0 Å². The van der Waals surface area contributed by atoms with Gasteiger partial charge in [0.1, 0.15) is 0 Å². The van der Waals surface area contributed by atoms with Gasteiger partial charge in [0.2, 0.25) is 5.91 Å². The summed E-state index contributed by atoms with van der Waals surface area (Å²) in [6.07, 6.45) is 48.3. The molecule has 0 aromatic rings. The van der Waals surface area contributed by atoms with Gasteiger partial charge in [-0.05, 0) is 12.8 Å². The zero-order valence-corrected chi connectivity index (χ0v) is 36.3. The summed E-state index contributed by atoms with van der Waals surface area (Å²) < 4.78 is 16.0. The SMILES string of the molecule is CCCCCCCCCCCCCCCCCCCCCCCCCCCCC(=O)N[C@@H](COP(=O)(O)O)[C@H](O)CCCCCCCCCCCCC. The fraction of sp³-hybridized carbons (Fsp3) is 0.978. The Morgan fingerprint density at radius 3 is 1.02 bits per heavy atom. The van der Waals surface area contributed by atoms with Crippen LogP contribution in [0.4, 0.5) is 0 Å². The van der Waals surface area contributed by atoms with Crippen molar-refractivity contribution < 1.29 is 28.8 Å². The van der Waals surface area contributed by atoms with Crippen molar-refractivity contribution in [3.63, 3.8) is 0 Å². The molecule has 0 aromatic carbocycles. The second kappa shape index (κ2) is 41.2. The molecule has 7 nitrogen and oxygen atoms in total. The number of aliphatic hydroxyl groups excluding tert-OH is 1. The van der Waals surface area contributed by atoms with Crippen molar-refractivity contribution in [3.8, 4) is 0 Å². The van der Waals surface area contributed by atoms with Gasteiger partial charge >= 0.3 is 7.82 Å². The smallest absolute Gasteiger partial charge is 0.391 e. The fourth-order valence-corrected chi connectivity index (χ4v) is 7.88. The van der Waals surface area contributed by atoms with E-state index in [0.717, 1.165) is 38.5 Å². The molecule has 1 amide bonds. The van der Waals surface area contributed by atoms with Crippen LogP contribution in [0.25, 0.3) is 0 Å². The van der Waals surface area contributed by atoms with Gasteiger partial charge in [0, 0.05) is 6.42 Å². The first-order valence-electron chi connectivity index (χ1n) is 23.5. The van der Waals surface area contributed by atoms with E-state index in [4.69, 9.17) is 9.79 Å². The number of phosphoric ester groups is 1. The molecule has 0 heterocycles. The van der Waals surface area contributed by atoms with Crippen molar-refractivity contribution in [1.29, 1.82) is 0 Å². The number of carbonyl (C=O) groups is 1. The Kier molecular flexibility index (Phi) is 40.8. The Hall–Kier alpha value is -0.460. The molecule has 53 heavy (non-hydrogen) atoms. The molecule has 0 aliphatic carbocycles. The van der Waals surface area contributed by atoms with Gasteiger partial charge in [-0.15, -0.1) is 0 Å². The van der Waals surface area contributed by atoms with Crippen molar-refractivity contribution in [2.24, 2.45) is 0 Å². The lowest BCUT2D eigenvalue weighted by Gasteiger charge is -2.24. The van der Waals surface area contributed by atoms with E-state index in [1.807, 2.05) is 0 Å². The molecule has 0 spiro atoms. The summed E-state index contributed by atoms with van der Waals surface area (Å²) in [4.78, 5) is 30.9. The fourth-order valence-electron chi connectivity index (χ4n) is 7.53. The molecule has 0 saturated heterocycles. The molecular formula is C45H92NO6P. The quantitative estimate of drug-likeness (QED) is 0.0362. The van der Waals surface area contributed by atoms with Crippen LogP contribution < -0.4 is 5.32 Å². The molecule has 4 N–H and O–H groups in total. The first-order chi connectivity index (χ1) is 25.8. The third-order valence-electron chi connectivity index (χ3n) is 11.1. The summed E-state index contributed by atoms with van der Waals surface area (Å²) in [6.45, 7) is 4.14. The lowest BCUT2D eigenvalue weighted by atomic mass is 10.0. The number of hydrogen-bond donors (Lipinski definition) is 4. The van der Waals surface area contributed by atoms with Crippen LogP contribution in [0.1, 0.15) is 264 Å². The second-order valence-electron chi connectivity index (χ2n) is 16.4. The van der Waals surface area contributed by atoms with E-state index in [1.165, 1.54) is 199 Å².